The molecule has 30 heavy (non-hydrogen) atoms. The van der Waals surface area contributed by atoms with Gasteiger partial charge in [0, 0.05) is 26.9 Å². The first-order valence-corrected chi connectivity index (χ1v) is 11.4. The number of fused-ring (bicyclic) bond motifs is 5. The molecule has 0 atom stereocenters. The van der Waals surface area contributed by atoms with Crippen LogP contribution in [0.2, 0.25) is 0 Å². The number of hydrogen-bond donors (Lipinski definition) is 0. The summed E-state index contributed by atoms with van der Waals surface area (Å²) >= 11 is 1.92. The fraction of sp³-hybridized carbons (Fsp3) is 0.179. The molecular weight excluding hydrogens is 382 g/mol. The average molecular weight is 406 g/mol. The zero-order chi connectivity index (χ0) is 20.6. The molecule has 146 valence electrons. The van der Waals surface area contributed by atoms with Gasteiger partial charge in [-0.05, 0) is 75.5 Å². The first kappa shape index (κ1) is 18.0. The molecule has 0 N–H and O–H groups in total. The summed E-state index contributed by atoms with van der Waals surface area (Å²) in [7, 11) is 0. The highest BCUT2D eigenvalue weighted by atomic mass is 32.2. The third-order valence-electron chi connectivity index (χ3n) is 6.63. The normalized spacial score (nSPS) is 12.8. The van der Waals surface area contributed by atoms with Gasteiger partial charge in [0.05, 0.1) is 5.69 Å². The monoisotopic (exact) mass is 405 g/mol. The quantitative estimate of drug-likeness (QED) is 0.255. The van der Waals surface area contributed by atoms with Gasteiger partial charge in [-0.15, -0.1) is 0 Å². The van der Waals surface area contributed by atoms with Gasteiger partial charge < -0.3 is 0 Å². The minimum Gasteiger partial charge on any atom is -0.255 e. The Hall–Kier alpha value is -2.84. The predicted octanol–water partition coefficient (Wildman–Crippen LogP) is 8.41. The van der Waals surface area contributed by atoms with Crippen LogP contribution in [0, 0.1) is 13.8 Å². The second-order valence-electron chi connectivity index (χ2n) is 8.66. The molecule has 4 aromatic carbocycles. The summed E-state index contributed by atoms with van der Waals surface area (Å²) in [6, 6.07) is 20.1. The molecule has 2 heteroatoms. The van der Waals surface area contributed by atoms with E-state index in [0.717, 1.165) is 5.69 Å². The van der Waals surface area contributed by atoms with Crippen LogP contribution in [-0.2, 0) is 0 Å². The predicted molar refractivity (Wildman–Crippen MR) is 130 cm³/mol. The van der Waals surface area contributed by atoms with Crippen molar-refractivity contribution >= 4 is 44.1 Å². The molecule has 0 saturated heterocycles. The van der Waals surface area contributed by atoms with Crippen molar-refractivity contribution in [1.82, 2.24) is 4.98 Å². The van der Waals surface area contributed by atoms with Crippen molar-refractivity contribution < 1.29 is 0 Å². The van der Waals surface area contributed by atoms with Crippen molar-refractivity contribution in [1.29, 1.82) is 0 Å². The Kier molecular flexibility index (Phi) is 3.79. The van der Waals surface area contributed by atoms with Gasteiger partial charge in [-0.3, -0.25) is 4.98 Å². The summed E-state index contributed by atoms with van der Waals surface area (Å²) in [6.45, 7) is 9.09. The van der Waals surface area contributed by atoms with E-state index < -0.39 is 0 Å². The maximum Gasteiger partial charge on any atom is 0.0806 e. The number of aromatic nitrogens is 1. The maximum atomic E-state index is 4.96. The van der Waals surface area contributed by atoms with Crippen LogP contribution in [0.5, 0.6) is 0 Å². The Morgan fingerprint density at radius 3 is 2.33 bits per heavy atom. The molecule has 0 saturated carbocycles. The summed E-state index contributed by atoms with van der Waals surface area (Å²) in [5, 5.41) is 8.04. The molecule has 0 fully saturated rings. The van der Waals surface area contributed by atoms with Crippen molar-refractivity contribution in [2.24, 2.45) is 0 Å². The lowest BCUT2D eigenvalue weighted by Gasteiger charge is -2.26. The highest BCUT2D eigenvalue weighted by molar-refractivity contribution is 8.00. The third-order valence-corrected chi connectivity index (χ3v) is 7.89. The van der Waals surface area contributed by atoms with E-state index in [2.05, 4.69) is 82.3 Å². The second kappa shape index (κ2) is 6.33. The van der Waals surface area contributed by atoms with Gasteiger partial charge in [-0.2, -0.15) is 0 Å². The maximum absolute atomic E-state index is 4.96. The van der Waals surface area contributed by atoms with Crippen LogP contribution >= 0.6 is 11.8 Å². The Balaban J connectivity index is 1.82. The Labute approximate surface area is 181 Å². The molecule has 0 bridgehead atoms. The molecule has 0 radical (unpaired) electrons. The SMILES string of the molecule is Cc1c2c(c(C)c3ccccc13)-c1nccc3c1c(cc1cccc(C(C)C)c13)S2. The largest absolute Gasteiger partial charge is 0.255 e. The molecule has 0 spiro atoms. The summed E-state index contributed by atoms with van der Waals surface area (Å²) in [5.41, 5.74) is 6.57. The number of benzene rings is 4. The smallest absolute Gasteiger partial charge is 0.0806 e. The van der Waals surface area contributed by atoms with Crippen molar-refractivity contribution in [3.8, 4) is 11.3 Å². The fourth-order valence-corrected chi connectivity index (χ4v) is 6.51. The van der Waals surface area contributed by atoms with Crippen molar-refractivity contribution in [2.75, 3.05) is 0 Å². The van der Waals surface area contributed by atoms with E-state index in [0.29, 0.717) is 5.92 Å². The van der Waals surface area contributed by atoms with E-state index in [1.165, 1.54) is 64.4 Å². The van der Waals surface area contributed by atoms with Gasteiger partial charge in [-0.1, -0.05) is 68.1 Å². The van der Waals surface area contributed by atoms with Gasteiger partial charge in [0.1, 0.15) is 0 Å². The first-order valence-electron chi connectivity index (χ1n) is 10.6. The van der Waals surface area contributed by atoms with Crippen LogP contribution < -0.4 is 0 Å². The number of aryl methyl sites for hydroxylation is 2. The first-order chi connectivity index (χ1) is 14.6. The van der Waals surface area contributed by atoms with E-state index in [-0.39, 0.29) is 0 Å². The van der Waals surface area contributed by atoms with Crippen LogP contribution in [-0.4, -0.2) is 4.98 Å². The minimum atomic E-state index is 0.482. The van der Waals surface area contributed by atoms with Crippen LogP contribution in [0.25, 0.3) is 43.6 Å². The highest BCUT2D eigenvalue weighted by Gasteiger charge is 2.27. The molecule has 1 nitrogen and oxygen atoms in total. The molecule has 1 aliphatic rings. The molecular formula is C28H23NS. The second-order valence-corrected chi connectivity index (χ2v) is 9.71. The summed E-state index contributed by atoms with van der Waals surface area (Å²) in [6.07, 6.45) is 2.00. The average Bonchev–Trinajstić information content (AvgIpc) is 2.77. The molecule has 0 unspecified atom stereocenters. The third kappa shape index (κ3) is 2.29. The summed E-state index contributed by atoms with van der Waals surface area (Å²) in [4.78, 5) is 7.64. The zero-order valence-electron chi connectivity index (χ0n) is 17.7. The number of nitrogens with zero attached hydrogens (tertiary/aromatic N) is 1. The Morgan fingerprint density at radius 1 is 0.800 bits per heavy atom. The zero-order valence-corrected chi connectivity index (χ0v) is 18.5. The molecule has 0 aliphatic carbocycles. The van der Waals surface area contributed by atoms with Gasteiger partial charge >= 0.3 is 0 Å². The van der Waals surface area contributed by atoms with Crippen molar-refractivity contribution in [3.63, 3.8) is 0 Å². The van der Waals surface area contributed by atoms with Gasteiger partial charge in [0.2, 0.25) is 0 Å². The number of pyridine rings is 1. The van der Waals surface area contributed by atoms with Gasteiger partial charge in [-0.25, -0.2) is 0 Å². The van der Waals surface area contributed by atoms with Crippen LogP contribution in [0.4, 0.5) is 0 Å². The molecule has 1 aliphatic heterocycles. The topological polar surface area (TPSA) is 12.9 Å². The van der Waals surface area contributed by atoms with E-state index in [1.807, 2.05) is 18.0 Å². The summed E-state index contributed by atoms with van der Waals surface area (Å²) < 4.78 is 0. The summed E-state index contributed by atoms with van der Waals surface area (Å²) in [5.74, 6) is 0.482. The van der Waals surface area contributed by atoms with Crippen LogP contribution in [0.15, 0.2) is 70.6 Å². The number of rotatable bonds is 1. The lowest BCUT2D eigenvalue weighted by atomic mass is 9.89. The lowest BCUT2D eigenvalue weighted by molar-refractivity contribution is 0.877. The van der Waals surface area contributed by atoms with E-state index in [9.17, 15) is 0 Å². The van der Waals surface area contributed by atoms with Gasteiger partial charge in [0.25, 0.3) is 0 Å². The highest BCUT2D eigenvalue weighted by Crippen LogP contribution is 2.53. The molecule has 0 amide bonds. The minimum absolute atomic E-state index is 0.482. The van der Waals surface area contributed by atoms with E-state index in [4.69, 9.17) is 4.98 Å². The molecule has 6 rings (SSSR count). The van der Waals surface area contributed by atoms with E-state index in [1.54, 1.807) is 0 Å². The van der Waals surface area contributed by atoms with Crippen LogP contribution in [0.3, 0.4) is 0 Å². The molecule has 1 aromatic heterocycles. The van der Waals surface area contributed by atoms with Crippen molar-refractivity contribution in [3.05, 3.63) is 77.5 Å². The van der Waals surface area contributed by atoms with E-state index >= 15 is 0 Å². The fourth-order valence-electron chi connectivity index (χ4n) is 5.18. The Morgan fingerprint density at radius 2 is 1.57 bits per heavy atom. The van der Waals surface area contributed by atoms with Gasteiger partial charge in [0.15, 0.2) is 0 Å². The molecule has 5 aromatic rings. The Bertz CT molecular complexity index is 1510. The molecule has 2 heterocycles. The van der Waals surface area contributed by atoms with Crippen molar-refractivity contribution in [2.45, 2.75) is 43.4 Å². The van der Waals surface area contributed by atoms with Crippen LogP contribution in [0.1, 0.15) is 36.5 Å². The number of hydrogen-bond acceptors (Lipinski definition) is 2. The lowest BCUT2D eigenvalue weighted by Crippen LogP contribution is -2.02. The standard InChI is InChI=1S/C28H23NS/c1-15(2)19-11-7-8-18-14-23-26-22(25(18)19)12-13-29-27(26)24-16(3)20-9-5-6-10-21(20)17(4)28(24)30-23/h5-15H,1-4H3.